The Balaban J connectivity index is 1.47. The second-order valence-electron chi connectivity index (χ2n) is 9.73. The molecule has 0 aliphatic carbocycles. The van der Waals surface area contributed by atoms with Gasteiger partial charge in [0.05, 0.1) is 13.7 Å². The number of aromatic amines is 1. The lowest BCUT2D eigenvalue weighted by Crippen LogP contribution is -2.34. The molecule has 19 heteroatoms. The van der Waals surface area contributed by atoms with E-state index in [-0.39, 0.29) is 58.7 Å². The number of methoxy groups -OCH3 is 1. The first-order chi connectivity index (χ1) is 23.8. The smallest absolute Gasteiger partial charge is 0.413 e. The molecular formula is C30H25N11O7S. The maximum absolute atomic E-state index is 13.6. The predicted octanol–water partition coefficient (Wildman–Crippen LogP) is 3.67. The van der Waals surface area contributed by atoms with Crippen molar-refractivity contribution in [3.05, 3.63) is 91.5 Å². The topological polar surface area (TPSA) is 233 Å². The fourth-order valence-corrected chi connectivity index (χ4v) is 5.31. The predicted molar refractivity (Wildman–Crippen MR) is 172 cm³/mol. The highest BCUT2D eigenvalue weighted by molar-refractivity contribution is 7.92. The SMILES string of the molecule is COc1ccccc1Oc1c(NS(=O)(=O)c2cccnc2)nc(-c2ccnc(-c3nnn[nH]3)c2)nc1OCCN(C(=O)O)c1ccccn1. The molecule has 5 aromatic heterocycles. The first-order valence-electron chi connectivity index (χ1n) is 14.2. The summed E-state index contributed by atoms with van der Waals surface area (Å²) in [6, 6.07) is 17.4. The van der Waals surface area contributed by atoms with Crippen LogP contribution in [0.15, 0.2) is 96.4 Å². The number of aromatic nitrogens is 9. The van der Waals surface area contributed by atoms with Crippen LogP contribution in [0.25, 0.3) is 22.9 Å². The fraction of sp³-hybridized carbons (Fsp3) is 0.100. The van der Waals surface area contributed by atoms with Crippen LogP contribution >= 0.6 is 0 Å². The molecular weight excluding hydrogens is 658 g/mol. The number of pyridine rings is 3. The van der Waals surface area contributed by atoms with Crippen LogP contribution in [0.5, 0.6) is 23.1 Å². The van der Waals surface area contributed by atoms with Crippen LogP contribution in [0.4, 0.5) is 16.4 Å². The summed E-state index contributed by atoms with van der Waals surface area (Å²) < 4.78 is 47.3. The van der Waals surface area contributed by atoms with Gasteiger partial charge in [-0.1, -0.05) is 18.2 Å². The van der Waals surface area contributed by atoms with Crippen molar-refractivity contribution in [3.63, 3.8) is 0 Å². The van der Waals surface area contributed by atoms with Gasteiger partial charge in [-0.15, -0.1) is 5.10 Å². The van der Waals surface area contributed by atoms with E-state index in [2.05, 4.69) is 50.3 Å². The summed E-state index contributed by atoms with van der Waals surface area (Å²) in [6.07, 6.45) is 4.25. The van der Waals surface area contributed by atoms with Crippen molar-refractivity contribution >= 4 is 27.8 Å². The minimum atomic E-state index is -4.29. The molecule has 0 spiro atoms. The maximum Gasteiger partial charge on any atom is 0.413 e. The van der Waals surface area contributed by atoms with Gasteiger partial charge in [-0.3, -0.25) is 19.6 Å². The van der Waals surface area contributed by atoms with E-state index in [4.69, 9.17) is 14.2 Å². The summed E-state index contributed by atoms with van der Waals surface area (Å²) in [5.41, 5.74) is 0.713. The largest absolute Gasteiger partial charge is 0.493 e. The van der Waals surface area contributed by atoms with Gasteiger partial charge in [-0.25, -0.2) is 28.3 Å². The van der Waals surface area contributed by atoms with E-state index in [0.717, 1.165) is 4.90 Å². The minimum absolute atomic E-state index is 0.0118. The van der Waals surface area contributed by atoms with Gasteiger partial charge in [0.1, 0.15) is 23.0 Å². The number of H-pyrrole nitrogens is 1. The molecule has 6 rings (SSSR count). The molecule has 1 aromatic carbocycles. The molecule has 0 saturated heterocycles. The zero-order valence-electron chi connectivity index (χ0n) is 25.4. The van der Waals surface area contributed by atoms with E-state index in [1.807, 2.05) is 0 Å². The van der Waals surface area contributed by atoms with Crippen LogP contribution in [0.2, 0.25) is 0 Å². The van der Waals surface area contributed by atoms with Crippen molar-refractivity contribution in [1.29, 1.82) is 0 Å². The molecule has 49 heavy (non-hydrogen) atoms. The Bertz CT molecular complexity index is 2160. The highest BCUT2D eigenvalue weighted by Crippen LogP contribution is 2.41. The Morgan fingerprint density at radius 2 is 1.82 bits per heavy atom. The van der Waals surface area contributed by atoms with Crippen LogP contribution < -0.4 is 23.8 Å². The Morgan fingerprint density at radius 1 is 0.980 bits per heavy atom. The summed E-state index contributed by atoms with van der Waals surface area (Å²) in [7, 11) is -2.85. The van der Waals surface area contributed by atoms with E-state index < -0.39 is 16.1 Å². The molecule has 6 aromatic rings. The summed E-state index contributed by atoms with van der Waals surface area (Å²) in [4.78, 5) is 34.3. The summed E-state index contributed by atoms with van der Waals surface area (Å²) >= 11 is 0. The summed E-state index contributed by atoms with van der Waals surface area (Å²) in [5.74, 6) is 0.123. The van der Waals surface area contributed by atoms with Gasteiger partial charge >= 0.3 is 6.09 Å². The van der Waals surface area contributed by atoms with Gasteiger partial charge < -0.3 is 19.3 Å². The third kappa shape index (κ3) is 7.46. The van der Waals surface area contributed by atoms with Crippen LogP contribution in [0, 0.1) is 0 Å². The monoisotopic (exact) mass is 683 g/mol. The van der Waals surface area contributed by atoms with E-state index in [1.54, 1.807) is 48.5 Å². The number of ether oxygens (including phenoxy) is 3. The quantitative estimate of drug-likeness (QED) is 0.158. The van der Waals surface area contributed by atoms with E-state index >= 15 is 0 Å². The van der Waals surface area contributed by atoms with Crippen LogP contribution in [0.3, 0.4) is 0 Å². The number of sulfonamides is 1. The highest BCUT2D eigenvalue weighted by Gasteiger charge is 2.26. The molecule has 0 saturated carbocycles. The standard InChI is InChI=1S/C30H25N11O7S/c1-46-22-8-2-3-9-23(22)48-25-28(38-49(44,45)20-7-6-12-31-18-20)34-26(19-11-14-32-21(17-19)27-36-39-40-37-27)35-29(25)47-16-15-41(30(42)43)24-10-4-5-13-33-24/h2-14,17-18H,15-16H2,1H3,(H,42,43)(H,34,35,38)(H,36,37,39,40). The first-order valence-corrected chi connectivity index (χ1v) is 15.7. The number of rotatable bonds is 13. The zero-order valence-corrected chi connectivity index (χ0v) is 26.2. The number of anilines is 2. The molecule has 0 bridgehead atoms. The number of tetrazole rings is 1. The van der Waals surface area contributed by atoms with Crippen molar-refractivity contribution in [2.45, 2.75) is 4.90 Å². The number of nitrogens with one attached hydrogen (secondary N) is 2. The molecule has 0 unspecified atom stereocenters. The highest BCUT2D eigenvalue weighted by atomic mass is 32.2. The molecule has 0 fully saturated rings. The van der Waals surface area contributed by atoms with Gasteiger partial charge in [0.15, 0.2) is 29.0 Å². The normalized spacial score (nSPS) is 11.0. The van der Waals surface area contributed by atoms with Crippen molar-refractivity contribution in [1.82, 2.24) is 45.5 Å². The average molecular weight is 684 g/mol. The number of hydrogen-bond acceptors (Lipinski definition) is 14. The number of para-hydroxylation sites is 2. The lowest BCUT2D eigenvalue weighted by atomic mass is 10.2. The molecule has 5 heterocycles. The van der Waals surface area contributed by atoms with E-state index in [9.17, 15) is 18.3 Å². The van der Waals surface area contributed by atoms with Crippen LogP contribution in [-0.2, 0) is 10.0 Å². The van der Waals surface area contributed by atoms with Gasteiger partial charge in [0.25, 0.3) is 15.9 Å². The van der Waals surface area contributed by atoms with Gasteiger partial charge in [-0.05, 0) is 59.0 Å². The number of carbonyl (C=O) groups is 1. The Kier molecular flexibility index (Phi) is 9.42. The fourth-order valence-electron chi connectivity index (χ4n) is 4.35. The molecule has 0 aliphatic rings. The lowest BCUT2D eigenvalue weighted by molar-refractivity contribution is 0.198. The van der Waals surface area contributed by atoms with Gasteiger partial charge in [0.2, 0.25) is 5.75 Å². The summed E-state index contributed by atoms with van der Waals surface area (Å²) in [6.45, 7) is -0.448. The molecule has 0 atom stereocenters. The van der Waals surface area contributed by atoms with Crippen LogP contribution in [-0.4, -0.2) is 85.4 Å². The number of benzene rings is 1. The van der Waals surface area contributed by atoms with Crippen molar-refractivity contribution in [3.8, 4) is 46.0 Å². The number of amides is 1. The van der Waals surface area contributed by atoms with Crippen molar-refractivity contribution in [2.75, 3.05) is 29.9 Å². The molecule has 3 N–H and O–H groups in total. The van der Waals surface area contributed by atoms with Crippen molar-refractivity contribution < 1.29 is 32.5 Å². The molecule has 248 valence electrons. The third-order valence-electron chi connectivity index (χ3n) is 6.61. The number of nitrogens with zero attached hydrogens (tertiary/aromatic N) is 9. The Morgan fingerprint density at radius 3 is 2.53 bits per heavy atom. The first kappa shape index (κ1) is 32.2. The van der Waals surface area contributed by atoms with E-state index in [1.165, 1.54) is 50.1 Å². The van der Waals surface area contributed by atoms with Crippen LogP contribution in [0.1, 0.15) is 0 Å². The van der Waals surface area contributed by atoms with Gasteiger partial charge in [-0.2, -0.15) is 4.98 Å². The van der Waals surface area contributed by atoms with Crippen molar-refractivity contribution in [2.24, 2.45) is 0 Å². The number of carboxylic acid groups (broad SMARTS) is 1. The molecule has 0 radical (unpaired) electrons. The number of hydrogen-bond donors (Lipinski definition) is 3. The second kappa shape index (κ2) is 14.3. The summed E-state index contributed by atoms with van der Waals surface area (Å²) in [5, 5.41) is 23.5. The molecule has 18 nitrogen and oxygen atoms in total. The Hall–Kier alpha value is -6.76. The van der Waals surface area contributed by atoms with Gasteiger partial charge in [0, 0.05) is 30.4 Å². The minimum Gasteiger partial charge on any atom is -0.493 e. The molecule has 1 amide bonds. The molecule has 0 aliphatic heterocycles. The third-order valence-corrected chi connectivity index (χ3v) is 7.93. The maximum atomic E-state index is 13.6. The second-order valence-corrected chi connectivity index (χ2v) is 11.4. The zero-order chi connectivity index (χ0) is 34.2. The van der Waals surface area contributed by atoms with E-state index in [0.29, 0.717) is 17.0 Å². The Labute approximate surface area is 277 Å². The average Bonchev–Trinajstić information content (AvgIpc) is 3.67. The lowest BCUT2D eigenvalue weighted by Gasteiger charge is -2.20.